The Morgan fingerprint density at radius 1 is 0.938 bits per heavy atom. The number of nitrogens with one attached hydrogen (secondary N) is 2. The summed E-state index contributed by atoms with van der Waals surface area (Å²) in [4.78, 5) is 12.3. The van der Waals surface area contributed by atoms with Crippen molar-refractivity contribution in [2.24, 2.45) is 0 Å². The quantitative estimate of drug-likeness (QED) is 0.411. The smallest absolute Gasteiger partial charge is 0.251 e. The molecule has 0 unspecified atom stereocenters. The van der Waals surface area contributed by atoms with Crippen molar-refractivity contribution in [3.05, 3.63) is 99.5 Å². The highest BCUT2D eigenvalue weighted by atomic mass is 35.5. The van der Waals surface area contributed by atoms with E-state index >= 15 is 0 Å². The molecule has 0 radical (unpaired) electrons. The van der Waals surface area contributed by atoms with Gasteiger partial charge in [0.2, 0.25) is 10.0 Å². The topological polar surface area (TPSA) is 95.5 Å². The van der Waals surface area contributed by atoms with E-state index in [1.54, 1.807) is 30.3 Å². The van der Waals surface area contributed by atoms with Crippen LogP contribution in [0.5, 0.6) is 0 Å². The van der Waals surface area contributed by atoms with Gasteiger partial charge in [0.25, 0.3) is 5.91 Å². The van der Waals surface area contributed by atoms with Crippen LogP contribution in [0.3, 0.4) is 0 Å². The first-order valence-electron chi connectivity index (χ1n) is 9.80. The lowest BCUT2D eigenvalue weighted by Crippen LogP contribution is -2.28. The zero-order valence-corrected chi connectivity index (χ0v) is 19.3. The minimum absolute atomic E-state index is 0.0588. The maximum atomic E-state index is 12.4. The molecule has 0 aliphatic rings. The maximum absolute atomic E-state index is 12.4. The van der Waals surface area contributed by atoms with Gasteiger partial charge in [-0.15, -0.1) is 0 Å². The van der Waals surface area contributed by atoms with Gasteiger partial charge in [0.1, 0.15) is 0 Å². The van der Waals surface area contributed by atoms with E-state index in [1.807, 2.05) is 18.2 Å². The first kappa shape index (κ1) is 24.1. The Kier molecular flexibility index (Phi) is 8.15. The molecule has 3 aromatic rings. The molecule has 0 spiro atoms. The lowest BCUT2D eigenvalue weighted by molar-refractivity contribution is 0.0916. The third-order valence-corrected chi connectivity index (χ3v) is 6.88. The van der Waals surface area contributed by atoms with Crippen LogP contribution in [0.4, 0.5) is 5.69 Å². The number of aliphatic hydroxyl groups is 1. The number of carbonyl (C=O) groups is 1. The number of aryl methyl sites for hydroxylation is 1. The predicted molar refractivity (Wildman–Crippen MR) is 128 cm³/mol. The molecule has 32 heavy (non-hydrogen) atoms. The fourth-order valence-electron chi connectivity index (χ4n) is 2.99. The minimum Gasteiger partial charge on any atom is -0.387 e. The average molecular weight is 493 g/mol. The molecular weight excluding hydrogens is 471 g/mol. The number of benzene rings is 3. The van der Waals surface area contributed by atoms with Crippen molar-refractivity contribution in [3.63, 3.8) is 0 Å². The number of amides is 1. The molecule has 0 fully saturated rings. The fourth-order valence-corrected chi connectivity index (χ4v) is 4.49. The molecule has 3 aromatic carbocycles. The van der Waals surface area contributed by atoms with Crippen molar-refractivity contribution in [1.29, 1.82) is 0 Å². The zero-order valence-electron chi connectivity index (χ0n) is 17.0. The Bertz CT molecular complexity index is 1170. The highest BCUT2D eigenvalue weighted by Gasteiger charge is 2.14. The largest absolute Gasteiger partial charge is 0.387 e. The van der Waals surface area contributed by atoms with Crippen LogP contribution >= 0.6 is 23.2 Å². The molecule has 0 aliphatic heterocycles. The van der Waals surface area contributed by atoms with Crippen LogP contribution in [0, 0.1) is 0 Å². The van der Waals surface area contributed by atoms with Crippen molar-refractivity contribution in [2.45, 2.75) is 12.5 Å². The number of halogens is 2. The summed E-state index contributed by atoms with van der Waals surface area (Å²) in [6.07, 6.45) is -0.613. The predicted octanol–water partition coefficient (Wildman–Crippen LogP) is 4.44. The van der Waals surface area contributed by atoms with Crippen LogP contribution in [-0.2, 0) is 16.4 Å². The molecule has 0 aromatic heterocycles. The molecule has 0 heterocycles. The minimum atomic E-state index is -3.63. The Morgan fingerprint density at radius 2 is 1.62 bits per heavy atom. The van der Waals surface area contributed by atoms with E-state index in [1.165, 1.54) is 24.3 Å². The molecule has 1 amide bonds. The fraction of sp³-hybridized carbons (Fsp3) is 0.174. The Hall–Kier alpha value is -2.58. The summed E-state index contributed by atoms with van der Waals surface area (Å²) in [5, 5.41) is 13.5. The highest BCUT2D eigenvalue weighted by Crippen LogP contribution is 2.26. The van der Waals surface area contributed by atoms with E-state index in [4.69, 9.17) is 23.2 Å². The number of hydrogen-bond acceptors (Lipinski definition) is 4. The van der Waals surface area contributed by atoms with E-state index in [2.05, 4.69) is 10.0 Å². The maximum Gasteiger partial charge on any atom is 0.251 e. The van der Waals surface area contributed by atoms with Crippen LogP contribution in [0.25, 0.3) is 0 Å². The van der Waals surface area contributed by atoms with Gasteiger partial charge in [-0.3, -0.25) is 9.52 Å². The Labute approximate surface area is 197 Å². The van der Waals surface area contributed by atoms with Gasteiger partial charge in [0, 0.05) is 17.8 Å². The molecule has 168 valence electrons. The Morgan fingerprint density at radius 3 is 2.31 bits per heavy atom. The second-order valence-corrected chi connectivity index (χ2v) is 9.72. The number of hydrogen-bond donors (Lipinski definition) is 3. The summed E-state index contributed by atoms with van der Waals surface area (Å²) in [6.45, 7) is 0.0588. The standard InChI is InChI=1S/C23H22Cl2N2O4S/c24-20-8-4-7-17(22(20)25)13-14-32(30,31)27-19-11-9-18(10-12-19)23(29)26-15-21(28)16-5-2-1-3-6-16/h1-12,21,27-28H,13-15H2,(H,26,29)/t21-/m0/s1. The van der Waals surface area contributed by atoms with Crippen LogP contribution in [-0.4, -0.2) is 31.7 Å². The number of carbonyl (C=O) groups excluding carboxylic acids is 1. The molecule has 3 rings (SSSR count). The first-order chi connectivity index (χ1) is 15.2. The lowest BCUT2D eigenvalue weighted by Gasteiger charge is -2.13. The first-order valence-corrected chi connectivity index (χ1v) is 12.2. The molecule has 3 N–H and O–H groups in total. The summed E-state index contributed by atoms with van der Waals surface area (Å²) in [5.41, 5.74) is 2.04. The number of sulfonamides is 1. The molecule has 0 saturated carbocycles. The average Bonchev–Trinajstić information content (AvgIpc) is 2.79. The number of anilines is 1. The summed E-state index contributed by atoms with van der Waals surface area (Å²) in [5.74, 6) is -0.544. The third kappa shape index (κ3) is 6.71. The molecule has 6 nitrogen and oxygen atoms in total. The van der Waals surface area contributed by atoms with E-state index in [0.29, 0.717) is 32.4 Å². The van der Waals surface area contributed by atoms with Crippen molar-refractivity contribution < 1.29 is 18.3 Å². The zero-order chi connectivity index (χ0) is 23.1. The third-order valence-electron chi connectivity index (χ3n) is 4.73. The van der Waals surface area contributed by atoms with Gasteiger partial charge < -0.3 is 10.4 Å². The normalized spacial score (nSPS) is 12.2. The summed E-state index contributed by atoms with van der Waals surface area (Å²) < 4.78 is 27.3. The molecule has 9 heteroatoms. The summed E-state index contributed by atoms with van der Waals surface area (Å²) in [6, 6.07) is 20.1. The van der Waals surface area contributed by atoms with Gasteiger partial charge in [-0.2, -0.15) is 0 Å². The van der Waals surface area contributed by atoms with Crippen molar-refractivity contribution in [1.82, 2.24) is 5.32 Å². The number of rotatable bonds is 9. The molecule has 0 saturated heterocycles. The van der Waals surface area contributed by atoms with E-state index in [9.17, 15) is 18.3 Å². The van der Waals surface area contributed by atoms with Crippen LogP contribution in [0.2, 0.25) is 10.0 Å². The second kappa shape index (κ2) is 10.8. The molecule has 1 atom stereocenters. The van der Waals surface area contributed by atoms with Crippen LogP contribution < -0.4 is 10.0 Å². The second-order valence-electron chi connectivity index (χ2n) is 7.10. The van der Waals surface area contributed by atoms with Crippen molar-refractivity contribution >= 4 is 44.8 Å². The SMILES string of the molecule is O=C(NC[C@H](O)c1ccccc1)c1ccc(NS(=O)(=O)CCc2cccc(Cl)c2Cl)cc1. The molecular formula is C23H22Cl2N2O4S. The van der Waals surface area contributed by atoms with Crippen molar-refractivity contribution in [2.75, 3.05) is 17.0 Å². The van der Waals surface area contributed by atoms with Crippen molar-refractivity contribution in [3.8, 4) is 0 Å². The Balaban J connectivity index is 1.54. The van der Waals surface area contributed by atoms with E-state index in [0.717, 1.165) is 0 Å². The van der Waals surface area contributed by atoms with Gasteiger partial charge >= 0.3 is 0 Å². The van der Waals surface area contributed by atoms with Crippen LogP contribution in [0.15, 0.2) is 72.8 Å². The lowest BCUT2D eigenvalue weighted by atomic mass is 10.1. The van der Waals surface area contributed by atoms with Gasteiger partial charge in [0.05, 0.1) is 21.9 Å². The number of aliphatic hydroxyl groups excluding tert-OH is 1. The molecule has 0 aliphatic carbocycles. The highest BCUT2D eigenvalue weighted by molar-refractivity contribution is 7.92. The van der Waals surface area contributed by atoms with Gasteiger partial charge in [-0.1, -0.05) is 65.7 Å². The van der Waals surface area contributed by atoms with Crippen LogP contribution in [0.1, 0.15) is 27.6 Å². The summed E-state index contributed by atoms with van der Waals surface area (Å²) >= 11 is 12.1. The monoisotopic (exact) mass is 492 g/mol. The van der Waals surface area contributed by atoms with Gasteiger partial charge in [0.15, 0.2) is 0 Å². The summed E-state index contributed by atoms with van der Waals surface area (Å²) in [7, 11) is -3.63. The van der Waals surface area contributed by atoms with Gasteiger partial charge in [-0.25, -0.2) is 8.42 Å². The van der Waals surface area contributed by atoms with Gasteiger partial charge in [-0.05, 0) is 47.9 Å². The molecule has 0 bridgehead atoms. The van der Waals surface area contributed by atoms with E-state index < -0.39 is 16.1 Å². The van der Waals surface area contributed by atoms with E-state index in [-0.39, 0.29) is 24.6 Å².